The van der Waals surface area contributed by atoms with Crippen molar-refractivity contribution in [3.63, 3.8) is 0 Å². The van der Waals surface area contributed by atoms with Crippen LogP contribution in [0.4, 0.5) is 0 Å². The van der Waals surface area contributed by atoms with Crippen molar-refractivity contribution >= 4 is 5.97 Å². The number of esters is 1. The molecule has 0 spiro atoms. The third-order valence-corrected chi connectivity index (χ3v) is 13.5. The summed E-state index contributed by atoms with van der Waals surface area (Å²) >= 11 is 0. The van der Waals surface area contributed by atoms with E-state index in [0.29, 0.717) is 34.0 Å². The number of methoxy groups -OCH3 is 1. The molecule has 0 aromatic carbocycles. The number of carbonyl (C=O) groups excluding carboxylic acids is 1. The van der Waals surface area contributed by atoms with Gasteiger partial charge in [0.05, 0.1) is 13.4 Å². The number of allylic oxidation sites excluding steroid dienone is 3. The molecule has 5 rings (SSSR count). The van der Waals surface area contributed by atoms with E-state index in [1.165, 1.54) is 57.8 Å². The molecule has 5 aliphatic rings. The van der Waals surface area contributed by atoms with Gasteiger partial charge in [-0.2, -0.15) is 0 Å². The van der Waals surface area contributed by atoms with Gasteiger partial charge < -0.3 is 9.47 Å². The van der Waals surface area contributed by atoms with Crippen LogP contribution in [0.15, 0.2) is 23.5 Å². The van der Waals surface area contributed by atoms with Crippen LogP contribution in [-0.2, 0) is 14.3 Å². The molecule has 0 saturated heterocycles. The quantitative estimate of drug-likeness (QED) is 0.215. The number of ether oxygens (including phenoxy) is 2. The average Bonchev–Trinajstić information content (AvgIpc) is 3.20. The molecule has 4 saturated carbocycles. The number of carbonyl (C=O) groups is 1. The maximum absolute atomic E-state index is 11.9. The highest BCUT2D eigenvalue weighted by Crippen LogP contribution is 2.77. The number of fused-ring (bicyclic) bond motifs is 7. The normalized spacial score (nSPS) is 46.8. The Morgan fingerprint density at radius 1 is 0.892 bits per heavy atom. The minimum atomic E-state index is -0.116. The second-order valence-electron chi connectivity index (χ2n) is 15.4. The Hall–Kier alpha value is -1.25. The van der Waals surface area contributed by atoms with Gasteiger partial charge in [-0.05, 0) is 110 Å². The van der Waals surface area contributed by atoms with Crippen molar-refractivity contribution in [2.75, 3.05) is 7.11 Å². The van der Waals surface area contributed by atoms with Gasteiger partial charge in [-0.15, -0.1) is 0 Å². The van der Waals surface area contributed by atoms with E-state index in [1.54, 1.807) is 19.6 Å². The largest absolute Gasteiger partial charge is 0.505 e. The van der Waals surface area contributed by atoms with Crippen LogP contribution in [-0.4, -0.2) is 19.2 Å². The van der Waals surface area contributed by atoms with Gasteiger partial charge >= 0.3 is 5.97 Å². The van der Waals surface area contributed by atoms with Crippen molar-refractivity contribution < 1.29 is 14.3 Å². The van der Waals surface area contributed by atoms with Crippen molar-refractivity contribution in [1.82, 2.24) is 0 Å². The summed E-state index contributed by atoms with van der Waals surface area (Å²) in [6, 6.07) is 0. The van der Waals surface area contributed by atoms with Crippen LogP contribution in [0.1, 0.15) is 120 Å². The second-order valence-corrected chi connectivity index (χ2v) is 15.4. The molecule has 3 nitrogen and oxygen atoms in total. The van der Waals surface area contributed by atoms with Crippen LogP contribution in [0, 0.1) is 50.7 Å². The Bertz CT molecular complexity index is 989. The zero-order chi connectivity index (χ0) is 27.0. The highest BCUT2D eigenvalue weighted by molar-refractivity contribution is 5.66. The van der Waals surface area contributed by atoms with Crippen molar-refractivity contribution in [3.8, 4) is 0 Å². The van der Waals surface area contributed by atoms with E-state index in [-0.39, 0.29) is 22.9 Å². The molecule has 0 unspecified atom stereocenters. The summed E-state index contributed by atoms with van der Waals surface area (Å²) in [5, 5.41) is 0. The Morgan fingerprint density at radius 3 is 2.27 bits per heavy atom. The van der Waals surface area contributed by atoms with Gasteiger partial charge in [0.2, 0.25) is 0 Å². The first-order valence-corrected chi connectivity index (χ1v) is 15.4. The molecule has 5 aliphatic carbocycles. The molecule has 0 N–H and O–H groups in total. The molecule has 0 radical (unpaired) electrons. The van der Waals surface area contributed by atoms with Gasteiger partial charge in [0.15, 0.2) is 0 Å². The standard InChI is InChI=1S/C34H54O3/c1-22(2)24-12-17-34(20-21-36-9)19-18-32(7)25(29(24)34)10-11-27-31(6)15-14-28(37-23(3)35)30(4,5)26(31)13-16-33(27,32)8/h20-22,25-28H,10-19H2,1-9H3/b21-20+/t25-,26+,27-,28+,31+,32-,33-,34-/m1/s1. The van der Waals surface area contributed by atoms with Crippen molar-refractivity contribution in [2.24, 2.45) is 50.7 Å². The summed E-state index contributed by atoms with van der Waals surface area (Å²) in [5.41, 5.74) is 4.84. The molecule has 0 aromatic rings. The molecule has 8 atom stereocenters. The van der Waals surface area contributed by atoms with E-state index >= 15 is 0 Å². The zero-order valence-electron chi connectivity index (χ0n) is 25.3. The summed E-state index contributed by atoms with van der Waals surface area (Å²) in [5.74, 6) is 2.56. The average molecular weight is 511 g/mol. The Labute approximate surface area is 227 Å². The molecule has 3 heteroatoms. The van der Waals surface area contributed by atoms with Gasteiger partial charge in [-0.3, -0.25) is 4.79 Å². The highest BCUT2D eigenvalue weighted by atomic mass is 16.5. The van der Waals surface area contributed by atoms with Crippen molar-refractivity contribution in [2.45, 2.75) is 126 Å². The van der Waals surface area contributed by atoms with Crippen LogP contribution in [0.3, 0.4) is 0 Å². The maximum atomic E-state index is 11.9. The van der Waals surface area contributed by atoms with Crippen LogP contribution in [0.25, 0.3) is 0 Å². The number of rotatable bonds is 4. The first-order valence-electron chi connectivity index (χ1n) is 15.4. The minimum absolute atomic E-state index is 0.0310. The molecule has 0 amide bonds. The summed E-state index contributed by atoms with van der Waals surface area (Å²) in [6.07, 6.45) is 17.1. The molecule has 0 aromatic heterocycles. The zero-order valence-corrected chi connectivity index (χ0v) is 25.3. The Morgan fingerprint density at radius 2 is 1.62 bits per heavy atom. The lowest BCUT2D eigenvalue weighted by Crippen LogP contribution is -2.65. The lowest BCUT2D eigenvalue weighted by atomic mass is 9.33. The molecular weight excluding hydrogens is 456 g/mol. The van der Waals surface area contributed by atoms with E-state index in [4.69, 9.17) is 9.47 Å². The number of hydrogen-bond donors (Lipinski definition) is 0. The topological polar surface area (TPSA) is 35.5 Å². The summed E-state index contributed by atoms with van der Waals surface area (Å²) < 4.78 is 11.4. The Balaban J connectivity index is 1.54. The third kappa shape index (κ3) is 3.67. The van der Waals surface area contributed by atoms with E-state index < -0.39 is 0 Å². The maximum Gasteiger partial charge on any atom is 0.302 e. The monoisotopic (exact) mass is 510 g/mol. The van der Waals surface area contributed by atoms with E-state index in [1.807, 2.05) is 11.8 Å². The Kier molecular flexibility index (Phi) is 6.56. The SMILES string of the molecule is CO/C=C/[C@]12CCC(C(C)C)=C1[C@H]1CC[C@@H]3[C@@]4(C)CC[C@H](OC(C)=O)C(C)(C)[C@@H]4CC[C@@]3(C)[C@]1(C)CC2. The van der Waals surface area contributed by atoms with E-state index in [0.717, 1.165) is 12.3 Å². The third-order valence-electron chi connectivity index (χ3n) is 13.5. The molecular formula is C34H54O3. The van der Waals surface area contributed by atoms with Crippen LogP contribution < -0.4 is 0 Å². The molecule has 0 aliphatic heterocycles. The summed E-state index contributed by atoms with van der Waals surface area (Å²) in [6.45, 7) is 19.3. The highest BCUT2D eigenvalue weighted by Gasteiger charge is 2.69. The fourth-order valence-electron chi connectivity index (χ4n) is 11.6. The summed E-state index contributed by atoms with van der Waals surface area (Å²) in [7, 11) is 1.80. The molecule has 0 heterocycles. The first-order chi connectivity index (χ1) is 17.3. The van der Waals surface area contributed by atoms with Gasteiger partial charge in [0, 0.05) is 17.8 Å². The van der Waals surface area contributed by atoms with E-state index in [2.05, 4.69) is 54.5 Å². The van der Waals surface area contributed by atoms with Crippen molar-refractivity contribution in [1.29, 1.82) is 0 Å². The fourth-order valence-corrected chi connectivity index (χ4v) is 11.6. The first kappa shape index (κ1) is 27.3. The summed E-state index contributed by atoms with van der Waals surface area (Å²) in [4.78, 5) is 11.9. The molecule has 208 valence electrons. The lowest BCUT2D eigenvalue weighted by molar-refractivity contribution is -0.232. The lowest BCUT2D eigenvalue weighted by Gasteiger charge is -2.72. The predicted molar refractivity (Wildman–Crippen MR) is 151 cm³/mol. The molecule has 4 fully saturated rings. The molecule has 37 heavy (non-hydrogen) atoms. The second kappa shape index (κ2) is 8.88. The molecule has 0 bridgehead atoms. The van der Waals surface area contributed by atoms with Crippen LogP contribution in [0.2, 0.25) is 0 Å². The fraction of sp³-hybridized carbons (Fsp3) is 0.853. The van der Waals surface area contributed by atoms with Gasteiger partial charge in [-0.1, -0.05) is 59.6 Å². The van der Waals surface area contributed by atoms with Crippen molar-refractivity contribution in [3.05, 3.63) is 23.5 Å². The van der Waals surface area contributed by atoms with Gasteiger partial charge in [0.25, 0.3) is 0 Å². The smallest absolute Gasteiger partial charge is 0.302 e. The van der Waals surface area contributed by atoms with Gasteiger partial charge in [0.1, 0.15) is 6.10 Å². The predicted octanol–water partition coefficient (Wildman–Crippen LogP) is 8.88. The van der Waals surface area contributed by atoms with Crippen LogP contribution >= 0.6 is 0 Å². The van der Waals surface area contributed by atoms with E-state index in [9.17, 15) is 4.79 Å². The minimum Gasteiger partial charge on any atom is -0.505 e. The van der Waals surface area contributed by atoms with Crippen LogP contribution in [0.5, 0.6) is 0 Å². The number of hydrogen-bond acceptors (Lipinski definition) is 3. The van der Waals surface area contributed by atoms with Gasteiger partial charge in [-0.25, -0.2) is 0 Å².